The van der Waals surface area contributed by atoms with Crippen molar-refractivity contribution in [3.63, 3.8) is 0 Å². The predicted octanol–water partition coefficient (Wildman–Crippen LogP) is 1.79. The second kappa shape index (κ2) is 7.57. The molecule has 0 fully saturated rings. The number of alkyl halides is 3. The molecule has 0 aliphatic carbocycles. The summed E-state index contributed by atoms with van der Waals surface area (Å²) in [4.78, 5) is 0.845. The summed E-state index contributed by atoms with van der Waals surface area (Å²) in [5, 5.41) is 0. The van der Waals surface area contributed by atoms with Crippen LogP contribution >= 0.6 is 0 Å². The van der Waals surface area contributed by atoms with Crippen molar-refractivity contribution in [1.29, 1.82) is 0 Å². The van der Waals surface area contributed by atoms with E-state index < -0.39 is 24.9 Å². The summed E-state index contributed by atoms with van der Waals surface area (Å²) in [5.41, 5.74) is -4.67. The average Bonchev–Trinajstić information content (AvgIpc) is 2.28. The number of halogens is 3. The summed E-state index contributed by atoms with van der Waals surface area (Å²) in [6.45, 7) is 0.337. The minimum Gasteiger partial charge on any atom is -0.800 e. The number of hydrogen-bond donors (Lipinski definition) is 0. The van der Waals surface area contributed by atoms with E-state index in [0.29, 0.717) is 12.1 Å². The Hall–Kier alpha value is 0.360. The molecule has 0 unspecified atom stereocenters. The molecule has 0 aliphatic rings. The molecule has 0 saturated heterocycles. The van der Waals surface area contributed by atoms with Crippen LogP contribution in [0, 0.1) is 0 Å². The Morgan fingerprint density at radius 3 is 2.00 bits per heavy atom. The SMILES string of the molecule is CN(Cc1ccc(S(=O)(=O)C(F)(F)F)cc1)C([S-])[S-].[Au]. The third-order valence-corrected chi connectivity index (χ3v) is 4.55. The summed E-state index contributed by atoms with van der Waals surface area (Å²) < 4.78 is 58.6. The zero-order valence-corrected chi connectivity index (χ0v) is 14.6. The van der Waals surface area contributed by atoms with E-state index in [9.17, 15) is 21.6 Å². The average molecular weight is 526 g/mol. The second-order valence-corrected chi connectivity index (χ2v) is 6.95. The Labute approximate surface area is 142 Å². The van der Waals surface area contributed by atoms with E-state index in [1.54, 1.807) is 11.9 Å². The number of hydrogen-bond acceptors (Lipinski definition) is 5. The third-order valence-electron chi connectivity index (χ3n) is 2.33. The van der Waals surface area contributed by atoms with Crippen molar-refractivity contribution in [2.45, 2.75) is 21.7 Å². The van der Waals surface area contributed by atoms with Crippen molar-refractivity contribution >= 4 is 35.1 Å². The first kappa shape index (κ1) is 20.4. The monoisotopic (exact) mass is 526 g/mol. The summed E-state index contributed by atoms with van der Waals surface area (Å²) in [7, 11) is -3.62. The van der Waals surface area contributed by atoms with Crippen LogP contribution in [0.1, 0.15) is 5.56 Å². The molecule has 0 aliphatic heterocycles. The minimum atomic E-state index is -5.29. The molecule has 10 heteroatoms. The molecule has 0 N–H and O–H groups in total. The van der Waals surface area contributed by atoms with Crippen LogP contribution in [0.25, 0.3) is 0 Å². The quantitative estimate of drug-likeness (QED) is 0.442. The van der Waals surface area contributed by atoms with Crippen molar-refractivity contribution in [2.24, 2.45) is 0 Å². The van der Waals surface area contributed by atoms with Crippen molar-refractivity contribution in [3.05, 3.63) is 29.8 Å². The number of sulfone groups is 1. The fraction of sp³-hybridized carbons (Fsp3) is 0.400. The van der Waals surface area contributed by atoms with Crippen molar-refractivity contribution in [3.8, 4) is 0 Å². The van der Waals surface area contributed by atoms with Gasteiger partial charge in [-0.15, -0.1) is 0 Å². The van der Waals surface area contributed by atoms with Gasteiger partial charge in [0, 0.05) is 28.9 Å². The van der Waals surface area contributed by atoms with Gasteiger partial charge in [-0.2, -0.15) is 13.2 Å². The van der Waals surface area contributed by atoms with E-state index in [0.717, 1.165) is 12.1 Å². The maximum Gasteiger partial charge on any atom is 0.501 e. The van der Waals surface area contributed by atoms with Crippen LogP contribution in [-0.2, 0) is 64.0 Å². The Morgan fingerprint density at radius 1 is 1.20 bits per heavy atom. The van der Waals surface area contributed by atoms with Crippen LogP contribution in [0.2, 0.25) is 0 Å². The zero-order chi connectivity index (χ0) is 14.8. The van der Waals surface area contributed by atoms with Gasteiger partial charge in [0.15, 0.2) is 0 Å². The van der Waals surface area contributed by atoms with E-state index in [1.807, 2.05) is 0 Å². The fourth-order valence-corrected chi connectivity index (χ4v) is 2.18. The van der Waals surface area contributed by atoms with Crippen LogP contribution in [0.3, 0.4) is 0 Å². The van der Waals surface area contributed by atoms with Gasteiger partial charge in [-0.25, -0.2) is 13.1 Å². The topological polar surface area (TPSA) is 37.4 Å². The van der Waals surface area contributed by atoms with E-state index in [2.05, 4.69) is 0 Å². The summed E-state index contributed by atoms with van der Waals surface area (Å²) in [6, 6.07) is 4.46. The van der Waals surface area contributed by atoms with Gasteiger partial charge in [-0.3, -0.25) is 0 Å². The van der Waals surface area contributed by atoms with Gasteiger partial charge in [0.2, 0.25) is 0 Å². The van der Waals surface area contributed by atoms with Crippen LogP contribution < -0.4 is 0 Å². The van der Waals surface area contributed by atoms with E-state index in [-0.39, 0.29) is 22.4 Å². The Morgan fingerprint density at radius 2 is 1.65 bits per heavy atom. The van der Waals surface area contributed by atoms with Gasteiger partial charge >= 0.3 is 5.51 Å². The molecule has 0 aromatic heterocycles. The first-order valence-electron chi connectivity index (χ1n) is 4.98. The third kappa shape index (κ3) is 4.97. The molecule has 1 aromatic rings. The molecule has 1 aromatic carbocycles. The maximum atomic E-state index is 12.3. The molecular weight excluding hydrogens is 516 g/mol. The Balaban J connectivity index is 0.00000361. The normalized spacial score (nSPS) is 12.6. The van der Waals surface area contributed by atoms with Crippen molar-refractivity contribution in [2.75, 3.05) is 7.05 Å². The minimum absolute atomic E-state index is 0. The zero-order valence-electron chi connectivity index (χ0n) is 10.0. The molecule has 0 spiro atoms. The molecule has 20 heavy (non-hydrogen) atoms. The van der Waals surface area contributed by atoms with E-state index in [4.69, 9.17) is 25.3 Å². The molecule has 0 saturated carbocycles. The first-order chi connectivity index (χ1) is 8.55. The van der Waals surface area contributed by atoms with Crippen LogP contribution in [0.15, 0.2) is 29.2 Å². The molecule has 3 nitrogen and oxygen atoms in total. The summed E-state index contributed by atoms with van der Waals surface area (Å²) in [5.74, 6) is 0. The molecule has 1 rings (SSSR count). The van der Waals surface area contributed by atoms with Gasteiger partial charge in [0.1, 0.15) is 0 Å². The fourth-order valence-electron chi connectivity index (χ4n) is 1.27. The standard InChI is InChI=1S/C10H12F3NO2S3.Au/c1-14(9(17)18)6-7-2-4-8(5-3-7)19(15,16)10(11,12)13;/h2-5,9,17-18H,6H2,1H3;/p-2. The van der Waals surface area contributed by atoms with Gasteiger partial charge < -0.3 is 30.2 Å². The van der Waals surface area contributed by atoms with Gasteiger partial charge in [0.05, 0.1) is 4.90 Å². The largest absolute Gasteiger partial charge is 0.800 e. The molecule has 0 atom stereocenters. The first-order valence-corrected chi connectivity index (χ1v) is 7.40. The van der Waals surface area contributed by atoms with Crippen LogP contribution in [0.4, 0.5) is 13.2 Å². The number of rotatable bonds is 4. The van der Waals surface area contributed by atoms with Gasteiger partial charge in [-0.05, 0) is 24.7 Å². The molecular formula is C10H10AuF3NO2S3-2. The smallest absolute Gasteiger partial charge is 0.501 e. The number of benzene rings is 1. The van der Waals surface area contributed by atoms with Crippen LogP contribution in [0.5, 0.6) is 0 Å². The van der Waals surface area contributed by atoms with Crippen molar-refractivity contribution < 1.29 is 44.0 Å². The predicted molar refractivity (Wildman–Crippen MR) is 69.7 cm³/mol. The molecule has 1 radical (unpaired) electrons. The van der Waals surface area contributed by atoms with E-state index >= 15 is 0 Å². The second-order valence-electron chi connectivity index (χ2n) is 3.82. The summed E-state index contributed by atoms with van der Waals surface area (Å²) >= 11 is 9.66. The maximum absolute atomic E-state index is 12.3. The Bertz CT molecular complexity index is 532. The summed E-state index contributed by atoms with van der Waals surface area (Å²) in [6.07, 6.45) is 0. The van der Waals surface area contributed by atoms with Crippen molar-refractivity contribution in [1.82, 2.24) is 4.90 Å². The van der Waals surface area contributed by atoms with Gasteiger partial charge in [0.25, 0.3) is 9.84 Å². The molecule has 0 bridgehead atoms. The molecule has 0 heterocycles. The number of nitrogens with zero attached hydrogens (tertiary/aromatic N) is 1. The Kier molecular flexibility index (Phi) is 7.71. The van der Waals surface area contributed by atoms with Crippen LogP contribution in [-0.4, -0.2) is 30.6 Å². The molecule has 119 valence electrons. The van der Waals surface area contributed by atoms with E-state index in [1.165, 1.54) is 12.1 Å². The van der Waals surface area contributed by atoms with Gasteiger partial charge in [-0.1, -0.05) is 12.1 Å². The molecule has 0 amide bonds.